The fourth-order valence-corrected chi connectivity index (χ4v) is 3.84. The summed E-state index contributed by atoms with van der Waals surface area (Å²) < 4.78 is 16.1. The molecule has 1 heterocycles. The van der Waals surface area contributed by atoms with Crippen molar-refractivity contribution >= 4 is 18.5 Å². The van der Waals surface area contributed by atoms with Crippen LogP contribution in [0.3, 0.4) is 0 Å². The van der Waals surface area contributed by atoms with Crippen molar-refractivity contribution in [1.82, 2.24) is 0 Å². The Balaban J connectivity index is 2.77. The molecule has 0 aromatic rings. The van der Waals surface area contributed by atoms with Crippen molar-refractivity contribution in [3.63, 3.8) is 0 Å². The molecule has 0 radical (unpaired) electrons. The summed E-state index contributed by atoms with van der Waals surface area (Å²) in [5, 5.41) is 0. The largest absolute Gasteiger partial charge is 0.327 e. The van der Waals surface area contributed by atoms with Gasteiger partial charge in [0.25, 0.3) is 0 Å². The zero-order valence-corrected chi connectivity index (χ0v) is 9.58. The van der Waals surface area contributed by atoms with E-state index >= 15 is 0 Å². The third kappa shape index (κ3) is 2.51. The zero-order valence-electron chi connectivity index (χ0n) is 7.86. The highest BCUT2D eigenvalue weighted by molar-refractivity contribution is 8.07. The average molecular weight is 210 g/mol. The van der Waals surface area contributed by atoms with Gasteiger partial charge in [0.05, 0.1) is 11.7 Å². The molecule has 1 rings (SSSR count). The van der Waals surface area contributed by atoms with Gasteiger partial charge in [0.15, 0.2) is 0 Å². The van der Waals surface area contributed by atoms with Gasteiger partial charge in [-0.3, -0.25) is 0 Å². The second-order valence-electron chi connectivity index (χ2n) is 3.60. The first-order valence-electron chi connectivity index (χ1n) is 3.92. The van der Waals surface area contributed by atoms with Crippen LogP contribution in [0.25, 0.3) is 0 Å². The molecule has 1 fully saturated rings. The van der Waals surface area contributed by atoms with Crippen molar-refractivity contribution in [2.24, 2.45) is 0 Å². The van der Waals surface area contributed by atoms with Crippen LogP contribution in [0.4, 0.5) is 0 Å². The zero-order chi connectivity index (χ0) is 9.41. The Hall–Kier alpha value is 0.530. The molecule has 1 aliphatic rings. The highest BCUT2D eigenvalue weighted by Gasteiger charge is 2.38. The smallest absolute Gasteiger partial charge is 0.312 e. The summed E-state index contributed by atoms with van der Waals surface area (Å²) in [6, 6.07) is 0. The molecule has 0 amide bonds. The summed E-state index contributed by atoms with van der Waals surface area (Å²) in [6.45, 7) is 3.56. The molecule has 0 aromatic heterocycles. The van der Waals surface area contributed by atoms with Crippen LogP contribution >= 0.6 is 6.72 Å². The summed E-state index contributed by atoms with van der Waals surface area (Å²) in [7, 11) is 1.54. The molecule has 0 bridgehead atoms. The molecule has 0 unspecified atom stereocenters. The van der Waals surface area contributed by atoms with Gasteiger partial charge >= 0.3 is 6.72 Å². The van der Waals surface area contributed by atoms with E-state index in [1.54, 1.807) is 0 Å². The lowest BCUT2D eigenvalue weighted by Crippen LogP contribution is -2.34. The fourth-order valence-electron chi connectivity index (χ4n) is 1.39. The quantitative estimate of drug-likeness (QED) is 0.621. The highest BCUT2D eigenvalue weighted by Crippen LogP contribution is 2.57. The minimum Gasteiger partial charge on any atom is -0.312 e. The Morgan fingerprint density at radius 1 is 1.58 bits per heavy atom. The van der Waals surface area contributed by atoms with Gasteiger partial charge in [-0.15, -0.1) is 0 Å². The van der Waals surface area contributed by atoms with Gasteiger partial charge in [0.1, 0.15) is 0 Å². The maximum absolute atomic E-state index is 5.56. The maximum Gasteiger partial charge on any atom is 0.327 e. The van der Waals surface area contributed by atoms with Crippen LogP contribution in [-0.2, 0) is 25.4 Å². The van der Waals surface area contributed by atoms with E-state index in [1.807, 2.05) is 20.8 Å². The van der Waals surface area contributed by atoms with Crippen molar-refractivity contribution in [1.29, 1.82) is 0 Å². The predicted octanol–water partition coefficient (Wildman–Crippen LogP) is 2.46. The second kappa shape index (κ2) is 3.35. The minimum atomic E-state index is -2.44. The first-order chi connectivity index (χ1) is 5.37. The van der Waals surface area contributed by atoms with Gasteiger partial charge in [-0.1, -0.05) is 0 Å². The maximum atomic E-state index is 5.56. The van der Waals surface area contributed by atoms with E-state index in [-0.39, 0.29) is 11.7 Å². The Kier molecular flexibility index (Phi) is 2.96. The molecule has 0 spiro atoms. The molecular weight excluding hydrogens is 195 g/mol. The monoisotopic (exact) mass is 210 g/mol. The lowest BCUT2D eigenvalue weighted by Gasteiger charge is -2.39. The molecular formula is C7H15O3PS. The van der Waals surface area contributed by atoms with Gasteiger partial charge in [-0.2, -0.15) is 0 Å². The van der Waals surface area contributed by atoms with Crippen LogP contribution in [0.1, 0.15) is 27.2 Å². The Bertz CT molecular complexity index is 217. The number of hydrogen-bond acceptors (Lipinski definition) is 4. The summed E-state index contributed by atoms with van der Waals surface area (Å²) in [6.07, 6.45) is 0.980. The van der Waals surface area contributed by atoms with E-state index in [9.17, 15) is 0 Å². The third-order valence-electron chi connectivity index (χ3n) is 1.67. The summed E-state index contributed by atoms with van der Waals surface area (Å²) >= 11 is 5.13. The van der Waals surface area contributed by atoms with E-state index in [4.69, 9.17) is 25.4 Å². The van der Waals surface area contributed by atoms with Crippen molar-refractivity contribution in [3.05, 3.63) is 0 Å². The fraction of sp³-hybridized carbons (Fsp3) is 1.00. The van der Waals surface area contributed by atoms with E-state index in [0.717, 1.165) is 6.42 Å². The van der Waals surface area contributed by atoms with Gasteiger partial charge in [0, 0.05) is 13.5 Å². The summed E-state index contributed by atoms with van der Waals surface area (Å²) in [4.78, 5) is 0. The molecule has 1 aliphatic heterocycles. The van der Waals surface area contributed by atoms with Crippen molar-refractivity contribution in [2.45, 2.75) is 38.9 Å². The molecule has 1 saturated heterocycles. The third-order valence-corrected chi connectivity index (χ3v) is 4.38. The second-order valence-corrected chi connectivity index (χ2v) is 6.60. The van der Waals surface area contributed by atoms with Gasteiger partial charge in [-0.25, -0.2) is 0 Å². The molecule has 0 N–H and O–H groups in total. The van der Waals surface area contributed by atoms with Crippen molar-refractivity contribution in [2.75, 3.05) is 7.11 Å². The molecule has 0 aliphatic carbocycles. The molecule has 72 valence electrons. The SMILES string of the molecule is CO[P@]1(=S)O[C@H](C)CC(C)(C)O1. The van der Waals surface area contributed by atoms with Crippen LogP contribution in [0.15, 0.2) is 0 Å². The van der Waals surface area contributed by atoms with E-state index in [0.29, 0.717) is 0 Å². The van der Waals surface area contributed by atoms with Crippen LogP contribution in [0, 0.1) is 0 Å². The average Bonchev–Trinajstić information content (AvgIpc) is 1.82. The Morgan fingerprint density at radius 3 is 2.58 bits per heavy atom. The highest BCUT2D eigenvalue weighted by atomic mass is 32.5. The van der Waals surface area contributed by atoms with Crippen molar-refractivity contribution < 1.29 is 13.6 Å². The van der Waals surface area contributed by atoms with Gasteiger partial charge in [-0.05, 0) is 32.6 Å². The van der Waals surface area contributed by atoms with E-state index in [2.05, 4.69) is 0 Å². The van der Waals surface area contributed by atoms with E-state index < -0.39 is 6.72 Å². The van der Waals surface area contributed by atoms with Crippen LogP contribution in [-0.4, -0.2) is 18.8 Å². The summed E-state index contributed by atoms with van der Waals surface area (Å²) in [5.74, 6) is 0. The first kappa shape index (κ1) is 10.6. The minimum absolute atomic E-state index is 0.125. The van der Waals surface area contributed by atoms with Gasteiger partial charge < -0.3 is 13.6 Å². The standard InChI is InChI=1S/C7H15O3PS/c1-6-5-7(2,3)10-11(12,8-4)9-6/h6H,5H2,1-4H3/t6-,11+/m1/s1. The van der Waals surface area contributed by atoms with Crippen LogP contribution < -0.4 is 0 Å². The lowest BCUT2D eigenvalue weighted by atomic mass is 10.0. The lowest BCUT2D eigenvalue weighted by molar-refractivity contribution is -0.0215. The predicted molar refractivity (Wildman–Crippen MR) is 51.6 cm³/mol. The van der Waals surface area contributed by atoms with Crippen molar-refractivity contribution in [3.8, 4) is 0 Å². The Morgan fingerprint density at radius 2 is 2.17 bits per heavy atom. The molecule has 0 saturated carbocycles. The molecule has 5 heteroatoms. The number of rotatable bonds is 1. The topological polar surface area (TPSA) is 27.7 Å². The normalized spacial score (nSPS) is 41.2. The van der Waals surface area contributed by atoms with Crippen LogP contribution in [0.2, 0.25) is 0 Å². The molecule has 3 nitrogen and oxygen atoms in total. The number of hydrogen-bond donors (Lipinski definition) is 0. The molecule has 12 heavy (non-hydrogen) atoms. The first-order valence-corrected chi connectivity index (χ1v) is 6.47. The Labute approximate surface area is 78.6 Å². The van der Waals surface area contributed by atoms with E-state index in [1.165, 1.54) is 7.11 Å². The molecule has 0 aromatic carbocycles. The van der Waals surface area contributed by atoms with Crippen LogP contribution in [0.5, 0.6) is 0 Å². The molecule has 2 atom stereocenters. The van der Waals surface area contributed by atoms with Gasteiger partial charge in [0.2, 0.25) is 0 Å². The summed E-state index contributed by atoms with van der Waals surface area (Å²) in [5.41, 5.74) is -0.219.